The topological polar surface area (TPSA) is 55.6 Å². The highest BCUT2D eigenvalue weighted by Crippen LogP contribution is 2.32. The molecule has 2 N–H and O–H groups in total. The first kappa shape index (κ1) is 13.8. The number of likely N-dealkylation sites (tertiary alicyclic amines) is 1. The highest BCUT2D eigenvalue weighted by atomic mass is 16.5. The minimum absolute atomic E-state index is 0.157. The van der Waals surface area contributed by atoms with E-state index in [9.17, 15) is 4.79 Å². The van der Waals surface area contributed by atoms with Crippen LogP contribution in [0.2, 0.25) is 0 Å². The van der Waals surface area contributed by atoms with Crippen LogP contribution >= 0.6 is 0 Å². The van der Waals surface area contributed by atoms with Crippen molar-refractivity contribution in [2.75, 3.05) is 19.7 Å². The Bertz CT molecular complexity index is 300. The van der Waals surface area contributed by atoms with Crippen LogP contribution in [-0.4, -0.2) is 42.1 Å². The lowest BCUT2D eigenvalue weighted by Crippen LogP contribution is -2.56. The number of nitrogens with zero attached hydrogens (tertiary/aromatic N) is 1. The van der Waals surface area contributed by atoms with Crippen LogP contribution in [0.4, 0.5) is 0 Å². The zero-order valence-corrected chi connectivity index (χ0v) is 11.7. The second kappa shape index (κ2) is 5.57. The molecule has 1 amide bonds. The molecule has 2 aliphatic heterocycles. The molecule has 0 spiro atoms. The number of amides is 1. The molecule has 4 nitrogen and oxygen atoms in total. The Morgan fingerprint density at radius 3 is 2.89 bits per heavy atom. The van der Waals surface area contributed by atoms with Gasteiger partial charge in [-0.3, -0.25) is 4.79 Å². The van der Waals surface area contributed by atoms with Gasteiger partial charge in [0.05, 0.1) is 0 Å². The van der Waals surface area contributed by atoms with E-state index < -0.39 is 5.60 Å². The van der Waals surface area contributed by atoms with Crippen molar-refractivity contribution in [2.45, 2.75) is 57.6 Å². The molecule has 3 atom stereocenters. The molecule has 2 fully saturated rings. The normalized spacial score (nSPS) is 36.9. The van der Waals surface area contributed by atoms with Gasteiger partial charge < -0.3 is 15.4 Å². The number of carbonyl (C=O) groups is 1. The molecule has 2 heterocycles. The number of ether oxygens (including phenoxy) is 1. The van der Waals surface area contributed by atoms with Crippen molar-refractivity contribution in [1.29, 1.82) is 0 Å². The van der Waals surface area contributed by atoms with E-state index in [1.165, 1.54) is 6.42 Å². The molecular weight excluding hydrogens is 228 g/mol. The molecule has 0 bridgehead atoms. The summed E-state index contributed by atoms with van der Waals surface area (Å²) in [6.07, 6.45) is 5.17. The van der Waals surface area contributed by atoms with Gasteiger partial charge in [0.1, 0.15) is 5.60 Å². The maximum absolute atomic E-state index is 12.6. The summed E-state index contributed by atoms with van der Waals surface area (Å²) in [5.41, 5.74) is 5.26. The molecule has 2 saturated heterocycles. The molecule has 104 valence electrons. The van der Waals surface area contributed by atoms with Gasteiger partial charge in [0, 0.05) is 25.7 Å². The molecular formula is C14H26N2O2. The predicted molar refractivity (Wildman–Crippen MR) is 71.2 cm³/mol. The third-order valence-electron chi connectivity index (χ3n) is 4.61. The molecule has 0 radical (unpaired) electrons. The van der Waals surface area contributed by atoms with E-state index in [2.05, 4.69) is 6.92 Å². The van der Waals surface area contributed by atoms with Crippen LogP contribution in [-0.2, 0) is 9.53 Å². The largest absolute Gasteiger partial charge is 0.365 e. The predicted octanol–water partition coefficient (Wildman–Crippen LogP) is 1.53. The van der Waals surface area contributed by atoms with Gasteiger partial charge in [0.25, 0.3) is 5.91 Å². The Labute approximate surface area is 110 Å². The van der Waals surface area contributed by atoms with Crippen LogP contribution < -0.4 is 5.73 Å². The molecule has 2 rings (SSSR count). The van der Waals surface area contributed by atoms with E-state index in [4.69, 9.17) is 10.5 Å². The quantitative estimate of drug-likeness (QED) is 0.831. The van der Waals surface area contributed by atoms with Crippen LogP contribution in [0.1, 0.15) is 46.0 Å². The van der Waals surface area contributed by atoms with Crippen molar-refractivity contribution in [2.24, 2.45) is 11.7 Å². The molecule has 0 aliphatic carbocycles. The minimum Gasteiger partial charge on any atom is -0.365 e. The van der Waals surface area contributed by atoms with Gasteiger partial charge in [-0.25, -0.2) is 0 Å². The molecule has 18 heavy (non-hydrogen) atoms. The molecule has 3 unspecified atom stereocenters. The first-order valence-corrected chi connectivity index (χ1v) is 7.26. The second-order valence-corrected chi connectivity index (χ2v) is 5.87. The van der Waals surface area contributed by atoms with E-state index in [1.54, 1.807) is 0 Å². The highest BCUT2D eigenvalue weighted by Gasteiger charge is 2.43. The lowest BCUT2D eigenvalue weighted by molar-refractivity contribution is -0.155. The third-order valence-corrected chi connectivity index (χ3v) is 4.61. The fraction of sp³-hybridized carbons (Fsp3) is 0.929. The first-order valence-electron chi connectivity index (χ1n) is 7.26. The fourth-order valence-corrected chi connectivity index (χ4v) is 3.25. The number of hydrogen-bond donors (Lipinski definition) is 1. The van der Waals surface area contributed by atoms with Gasteiger partial charge in [0.2, 0.25) is 0 Å². The average molecular weight is 254 g/mol. The van der Waals surface area contributed by atoms with E-state index in [0.717, 1.165) is 38.1 Å². The highest BCUT2D eigenvalue weighted by molar-refractivity contribution is 5.85. The van der Waals surface area contributed by atoms with E-state index in [-0.39, 0.29) is 11.9 Å². The standard InChI is InChI=1S/C14H26N2O2/c1-3-11-5-7-16(12(9-11)10-15)13(17)14(2)6-4-8-18-14/h11-12H,3-10,15H2,1-2H3. The van der Waals surface area contributed by atoms with Crippen LogP contribution in [0.5, 0.6) is 0 Å². The smallest absolute Gasteiger partial charge is 0.254 e. The zero-order valence-electron chi connectivity index (χ0n) is 11.7. The SMILES string of the molecule is CCC1CCN(C(=O)C2(C)CCCO2)C(CN)C1. The van der Waals surface area contributed by atoms with E-state index in [0.29, 0.717) is 13.2 Å². The summed E-state index contributed by atoms with van der Waals surface area (Å²) < 4.78 is 5.67. The van der Waals surface area contributed by atoms with Gasteiger partial charge in [0.15, 0.2) is 0 Å². The summed E-state index contributed by atoms with van der Waals surface area (Å²) in [6, 6.07) is 0.206. The minimum atomic E-state index is -0.591. The molecule has 2 aliphatic rings. The Morgan fingerprint density at radius 1 is 1.56 bits per heavy atom. The van der Waals surface area contributed by atoms with Crippen molar-refractivity contribution in [3.63, 3.8) is 0 Å². The summed E-state index contributed by atoms with van der Waals surface area (Å²) in [5, 5.41) is 0. The van der Waals surface area contributed by atoms with Crippen molar-refractivity contribution in [1.82, 2.24) is 4.90 Å². The van der Waals surface area contributed by atoms with Crippen molar-refractivity contribution >= 4 is 5.91 Å². The summed E-state index contributed by atoms with van der Waals surface area (Å²) in [7, 11) is 0. The molecule has 4 heteroatoms. The summed E-state index contributed by atoms with van der Waals surface area (Å²) >= 11 is 0. The van der Waals surface area contributed by atoms with Gasteiger partial charge in [-0.1, -0.05) is 13.3 Å². The third kappa shape index (κ3) is 2.54. The van der Waals surface area contributed by atoms with Gasteiger partial charge in [-0.05, 0) is 38.5 Å². The van der Waals surface area contributed by atoms with Crippen LogP contribution in [0, 0.1) is 5.92 Å². The maximum Gasteiger partial charge on any atom is 0.254 e. The van der Waals surface area contributed by atoms with Crippen molar-refractivity contribution in [3.05, 3.63) is 0 Å². The lowest BCUT2D eigenvalue weighted by atomic mass is 9.87. The Hall–Kier alpha value is -0.610. The fourth-order valence-electron chi connectivity index (χ4n) is 3.25. The first-order chi connectivity index (χ1) is 8.60. The molecule has 0 aromatic heterocycles. The number of hydrogen-bond acceptors (Lipinski definition) is 3. The maximum atomic E-state index is 12.6. The number of carbonyl (C=O) groups excluding carboxylic acids is 1. The monoisotopic (exact) mass is 254 g/mol. The summed E-state index contributed by atoms with van der Waals surface area (Å²) in [4.78, 5) is 14.6. The summed E-state index contributed by atoms with van der Waals surface area (Å²) in [5.74, 6) is 0.880. The molecule has 0 saturated carbocycles. The Morgan fingerprint density at radius 2 is 2.33 bits per heavy atom. The lowest BCUT2D eigenvalue weighted by Gasteiger charge is -2.42. The second-order valence-electron chi connectivity index (χ2n) is 5.87. The van der Waals surface area contributed by atoms with Gasteiger partial charge in [-0.15, -0.1) is 0 Å². The Kier molecular flexibility index (Phi) is 4.28. The van der Waals surface area contributed by atoms with Gasteiger partial charge >= 0.3 is 0 Å². The van der Waals surface area contributed by atoms with Crippen molar-refractivity contribution in [3.8, 4) is 0 Å². The molecule has 0 aromatic carbocycles. The van der Waals surface area contributed by atoms with Crippen LogP contribution in [0.15, 0.2) is 0 Å². The molecule has 0 aromatic rings. The van der Waals surface area contributed by atoms with Crippen LogP contribution in [0.25, 0.3) is 0 Å². The average Bonchev–Trinajstić information content (AvgIpc) is 2.85. The van der Waals surface area contributed by atoms with E-state index in [1.807, 2.05) is 11.8 Å². The van der Waals surface area contributed by atoms with Crippen molar-refractivity contribution < 1.29 is 9.53 Å². The number of piperidine rings is 1. The number of nitrogens with two attached hydrogens (primary N) is 1. The van der Waals surface area contributed by atoms with Crippen LogP contribution in [0.3, 0.4) is 0 Å². The zero-order chi connectivity index (χ0) is 13.2. The van der Waals surface area contributed by atoms with Gasteiger partial charge in [-0.2, -0.15) is 0 Å². The van der Waals surface area contributed by atoms with E-state index >= 15 is 0 Å². The summed E-state index contributed by atoms with van der Waals surface area (Å²) in [6.45, 7) is 6.27. The number of rotatable bonds is 3. The Balaban J connectivity index is 2.05.